The van der Waals surface area contributed by atoms with Crippen LogP contribution in [0.15, 0.2) is 140 Å². The molecular weight excluding hydrogens is 1800 g/mol. The summed E-state index contributed by atoms with van der Waals surface area (Å²) in [5.74, 6) is 8.70. The highest BCUT2D eigenvalue weighted by atomic mass is 19.4. The normalized spacial score (nSPS) is 26.1. The van der Waals surface area contributed by atoms with Gasteiger partial charge in [0.15, 0.2) is 17.3 Å². The number of nitriles is 1. The molecule has 12 aromatic rings. The van der Waals surface area contributed by atoms with Gasteiger partial charge in [0, 0.05) is 83.2 Å². The van der Waals surface area contributed by atoms with Gasteiger partial charge in [0.05, 0.1) is 70.1 Å². The van der Waals surface area contributed by atoms with Gasteiger partial charge in [0.25, 0.3) is 0 Å². The smallest absolute Gasteiger partial charge is 0.435 e. The second-order valence-corrected chi connectivity index (χ2v) is 43.5. The van der Waals surface area contributed by atoms with Crippen molar-refractivity contribution in [2.45, 2.75) is 143 Å². The molecule has 6 saturated heterocycles. The van der Waals surface area contributed by atoms with Gasteiger partial charge in [-0.15, -0.1) is 0 Å². The molecule has 12 fully saturated rings. The maximum absolute atomic E-state index is 14.1. The highest BCUT2D eigenvalue weighted by molar-refractivity contribution is 5.90. The van der Waals surface area contributed by atoms with Gasteiger partial charge in [-0.05, 0) is 305 Å². The number of aryl methyl sites for hydroxylation is 2. The number of nitrogens with zero attached hydrogens (tertiary/aromatic N) is 12. The molecule has 6 saturated carbocycles. The quantitative estimate of drug-likeness (QED) is 0.0249. The number of fused-ring (bicyclic) bond motifs is 12. The van der Waals surface area contributed by atoms with E-state index in [1.165, 1.54) is 45.9 Å². The predicted octanol–water partition coefficient (Wildman–Crippen LogP) is 10.6. The van der Waals surface area contributed by atoms with Crippen molar-refractivity contribution in [3.8, 4) is 11.8 Å². The molecule has 11 N–H and O–H groups in total. The van der Waals surface area contributed by atoms with Crippen molar-refractivity contribution in [3.63, 3.8) is 0 Å². The van der Waals surface area contributed by atoms with Gasteiger partial charge in [0.2, 0.25) is 29.5 Å². The Bertz CT molecular complexity index is 6860. The fourth-order valence-corrected chi connectivity index (χ4v) is 23.7. The van der Waals surface area contributed by atoms with Gasteiger partial charge in [-0.2, -0.15) is 22.8 Å². The molecule has 11 aromatic heterocycles. The van der Waals surface area contributed by atoms with Crippen LogP contribution in [0.25, 0.3) is 38.4 Å². The second kappa shape index (κ2) is 36.4. The van der Waals surface area contributed by atoms with E-state index < -0.39 is 50.9 Å². The standard InChI is InChI=1S/C20H25N3O.C18H23N3O2.C17H18F4N4O.C17H19N5O.2C16H19FN4O/c1-11-5-6-14-13(7-11)8-12(2)22-18(14)20(3,4)23-19(24)17-15-9-21-10-16(15)17;1-18(2,7-14(22)16-11-8-19-9-12(11)16)17-20-10-13-15(23-3)5-4-6-21(13)17;1-16(2,24-14(26)11-8-6-22-7-9(8)11)15-23-13(17(19,20)21)12-10(18)4-3-5-25(12)15;1-17(2,21-15(23)14-10-8-19-9-11(10)14)16-20-12(7-18)13-5-3-4-6-22(13)16;1-16(2,20-14(22)13-9-6-18-7-10(9)13)15-19-8-12-11(17)4-3-5-21(12)15;1-16(2,20-14(22)13-10-7-18-8-11(10)13)15-19-6-9-4-3-5-12(17)21(9)15/h5-8,15-17,21H,9-10H2,1-4H3,(H,23,24);4-6,10-12,16,19H,7-9H2,1-3H3;3-5,8-9,11,22H,6-7H2,1-2H3,(H,24,26);3-6,10-11,14,19H,8-9H2,1-2H3,(H,21,23);3-5,8-10,13,18H,6-7H2,1-2H3,(H,20,22);3-6,10-11,13,18H,7-8H2,1-2H3,(H,20,22)/t15-,16+,17?;11-,12+,16?;8-,9+,11?;10-,11+,14?;9-,10+,13?;10-,11+,13?. The average molecular weight is 1920 g/mol. The summed E-state index contributed by atoms with van der Waals surface area (Å²) in [5.41, 5.74) is 0.462. The molecule has 140 heavy (non-hydrogen) atoms. The number of hydrogen-bond acceptors (Lipinski definition) is 20. The molecule has 24 rings (SSSR count). The summed E-state index contributed by atoms with van der Waals surface area (Å²) < 4.78 is 95.5. The fraction of sp³-hybridized carbons (Fsp3) is 0.510. The molecule has 36 heteroatoms. The molecule has 0 radical (unpaired) electrons. The number of ketones is 1. The summed E-state index contributed by atoms with van der Waals surface area (Å²) in [7, 11) is 1.66. The van der Waals surface area contributed by atoms with Crippen LogP contribution in [0.4, 0.5) is 26.3 Å². The zero-order valence-electron chi connectivity index (χ0n) is 81.4. The number of ether oxygens (including phenoxy) is 1. The van der Waals surface area contributed by atoms with Crippen LogP contribution in [0.2, 0.25) is 0 Å². The summed E-state index contributed by atoms with van der Waals surface area (Å²) in [6.07, 6.45) is 7.66. The molecule has 0 spiro atoms. The van der Waals surface area contributed by atoms with Gasteiger partial charge in [-0.1, -0.05) is 49.7 Å². The number of methoxy groups -OCH3 is 1. The minimum Gasteiger partial charge on any atom is -0.494 e. The Morgan fingerprint density at radius 3 is 1.33 bits per heavy atom. The first-order chi connectivity index (χ1) is 66.5. The van der Waals surface area contributed by atoms with Crippen LogP contribution in [-0.2, 0) is 68.1 Å². The van der Waals surface area contributed by atoms with Gasteiger partial charge >= 0.3 is 6.18 Å². The van der Waals surface area contributed by atoms with E-state index in [9.17, 15) is 60.4 Å². The minimum absolute atomic E-state index is 0.0505. The molecule has 6 aliphatic heterocycles. The number of carbonyl (C=O) groups excluding carboxylic acids is 6. The molecule has 18 atom stereocenters. The molecule has 0 bridgehead atoms. The highest BCUT2D eigenvalue weighted by Gasteiger charge is 2.63. The third-order valence-electron chi connectivity index (χ3n) is 31.1. The Morgan fingerprint density at radius 1 is 0.421 bits per heavy atom. The van der Waals surface area contributed by atoms with Crippen LogP contribution < -0.4 is 63.2 Å². The first-order valence-corrected chi connectivity index (χ1v) is 48.6. The van der Waals surface area contributed by atoms with Gasteiger partial charge in [-0.3, -0.25) is 51.4 Å². The van der Waals surface area contributed by atoms with E-state index in [0.717, 1.165) is 128 Å². The molecular formula is C104H123F6N23O7. The summed E-state index contributed by atoms with van der Waals surface area (Å²) in [6.45, 7) is 38.1. The number of pyridine rings is 6. The number of halogens is 6. The first kappa shape index (κ1) is 96.6. The number of piperidine rings is 6. The van der Waals surface area contributed by atoms with E-state index in [-0.39, 0.29) is 99.9 Å². The number of imidazole rings is 5. The number of alkyl halides is 3. The Kier molecular flexibility index (Phi) is 25.1. The first-order valence-electron chi connectivity index (χ1n) is 48.6. The molecule has 12 aliphatic rings. The molecule has 1 aromatic carbocycles. The number of nitrogens with one attached hydrogen (secondary N) is 11. The fourth-order valence-electron chi connectivity index (χ4n) is 23.7. The summed E-state index contributed by atoms with van der Waals surface area (Å²) in [6, 6.07) is 30.3. The largest absolute Gasteiger partial charge is 0.494 e. The molecule has 6 unspecified atom stereocenters. The third kappa shape index (κ3) is 18.3. The number of carbonyl (C=O) groups is 6. The van der Waals surface area contributed by atoms with Crippen molar-refractivity contribution in [2.75, 3.05) is 85.6 Å². The number of benzene rings is 1. The molecule has 738 valence electrons. The summed E-state index contributed by atoms with van der Waals surface area (Å²) >= 11 is 0. The zero-order chi connectivity index (χ0) is 99.3. The number of Topliss-reactive ketones (excluding diaryl/α,β-unsaturated/α-hetero) is 1. The highest BCUT2D eigenvalue weighted by Crippen LogP contribution is 2.55. The Balaban J connectivity index is 0.000000107. The number of rotatable bonds is 20. The lowest BCUT2D eigenvalue weighted by Crippen LogP contribution is -2.44. The monoisotopic (exact) mass is 1920 g/mol. The molecule has 5 amide bonds. The van der Waals surface area contributed by atoms with E-state index in [2.05, 4.69) is 148 Å². The lowest BCUT2D eigenvalue weighted by Gasteiger charge is -2.28. The zero-order valence-corrected chi connectivity index (χ0v) is 81.4. The molecule has 17 heterocycles. The van der Waals surface area contributed by atoms with Crippen LogP contribution >= 0.6 is 0 Å². The predicted molar refractivity (Wildman–Crippen MR) is 512 cm³/mol. The van der Waals surface area contributed by atoms with Crippen molar-refractivity contribution in [1.29, 1.82) is 5.26 Å². The van der Waals surface area contributed by atoms with Crippen LogP contribution in [0, 0.1) is 149 Å². The Morgan fingerprint density at radius 2 is 0.836 bits per heavy atom. The van der Waals surface area contributed by atoms with Crippen LogP contribution in [0.3, 0.4) is 0 Å². The van der Waals surface area contributed by atoms with Crippen molar-refractivity contribution in [2.24, 2.45) is 107 Å². The minimum atomic E-state index is -4.80. The van der Waals surface area contributed by atoms with Crippen LogP contribution in [-0.4, -0.2) is 173 Å². The summed E-state index contributed by atoms with van der Waals surface area (Å²) in [5, 5.41) is 46.7. The number of aromatic nitrogens is 11. The van der Waals surface area contributed by atoms with Crippen molar-refractivity contribution in [1.82, 2.24) is 110 Å². The van der Waals surface area contributed by atoms with E-state index in [0.29, 0.717) is 106 Å². The van der Waals surface area contributed by atoms with E-state index in [1.54, 1.807) is 56.0 Å². The van der Waals surface area contributed by atoms with Gasteiger partial charge in [0.1, 0.15) is 74.9 Å². The number of hydrogen-bond donors (Lipinski definition) is 11. The van der Waals surface area contributed by atoms with Crippen molar-refractivity contribution < 1.29 is 59.8 Å². The van der Waals surface area contributed by atoms with Crippen LogP contribution in [0.5, 0.6) is 5.75 Å². The summed E-state index contributed by atoms with van der Waals surface area (Å²) in [4.78, 5) is 102. The van der Waals surface area contributed by atoms with E-state index >= 15 is 0 Å². The van der Waals surface area contributed by atoms with Crippen LogP contribution in [0.1, 0.15) is 147 Å². The lowest BCUT2D eigenvalue weighted by molar-refractivity contribution is -0.140. The Hall–Kier alpha value is -12.3. The Labute approximate surface area is 807 Å². The lowest BCUT2D eigenvalue weighted by atomic mass is 9.84. The van der Waals surface area contributed by atoms with Crippen molar-refractivity contribution in [3.05, 3.63) is 215 Å². The second-order valence-electron chi connectivity index (χ2n) is 43.5. The number of amides is 5. The maximum Gasteiger partial charge on any atom is 0.435 e. The van der Waals surface area contributed by atoms with Gasteiger partial charge < -0.3 is 67.6 Å². The van der Waals surface area contributed by atoms with E-state index in [4.69, 9.17) is 9.72 Å². The van der Waals surface area contributed by atoms with Crippen molar-refractivity contribution >= 4 is 73.7 Å². The topological polar surface area (TPSA) is 367 Å². The maximum atomic E-state index is 14.1. The van der Waals surface area contributed by atoms with Gasteiger partial charge in [-0.25, -0.2) is 33.7 Å². The molecule has 30 nitrogen and oxygen atoms in total. The van der Waals surface area contributed by atoms with E-state index in [1.807, 2.05) is 106 Å². The average Bonchev–Trinajstić information content (AvgIpc) is 1.59. The third-order valence-corrected chi connectivity index (χ3v) is 31.1. The SMILES string of the molecule is CC(C)(NC(=O)C1[C@H]2CNC[C@@H]12)c1nc(C#N)c2ccccn12.CC(C)(NC(=O)C1[C@H]2CNC[C@@H]12)c1nc(C(F)(F)F)c2c(F)cccn12.CC(C)(NC(=O)C1[C@H]2CNC[C@@H]12)c1ncc2c(F)cccn12.CC(C)(NC(=O)C1[C@H]2CNC[C@@H]12)c1ncc2cccc(F)n12.COc1cccn2c(C(C)(C)CC(=O)C3[C@H]4CNC[C@@H]34)ncc12.Cc1ccc2c(C(C)(C)NC(=O)C3[C@H]4CNC[C@@H]34)nc(C)cc2c1. The molecule has 6 aliphatic carbocycles.